The van der Waals surface area contributed by atoms with Crippen molar-refractivity contribution in [1.82, 2.24) is 9.55 Å². The minimum Gasteiger partial charge on any atom is -0.326 e. The molecule has 6 heteroatoms. The molecule has 3 aromatic rings. The van der Waals surface area contributed by atoms with Crippen LogP contribution in [-0.4, -0.2) is 15.5 Å². The topological polar surface area (TPSA) is 64.0 Å². The lowest BCUT2D eigenvalue weighted by atomic mass is 10.2. The first-order valence-corrected chi connectivity index (χ1v) is 8.34. The van der Waals surface area contributed by atoms with Gasteiger partial charge in [-0.05, 0) is 30.3 Å². The van der Waals surface area contributed by atoms with Gasteiger partial charge in [0.05, 0.1) is 10.9 Å². The second kappa shape index (κ2) is 6.97. The fourth-order valence-corrected chi connectivity index (χ4v) is 2.90. The molecule has 0 unspecified atom stereocenters. The quantitative estimate of drug-likeness (QED) is 0.749. The molecule has 3 rings (SSSR count). The van der Waals surface area contributed by atoms with Crippen molar-refractivity contribution in [2.75, 3.05) is 5.32 Å². The van der Waals surface area contributed by atoms with Gasteiger partial charge in [-0.25, -0.2) is 4.98 Å². The maximum atomic E-state index is 12.3. The van der Waals surface area contributed by atoms with E-state index in [1.54, 1.807) is 13.1 Å². The number of carbonyl (C=O) groups excluding carboxylic acids is 1. The van der Waals surface area contributed by atoms with Crippen LogP contribution in [0.5, 0.6) is 0 Å². The Morgan fingerprint density at radius 2 is 2.00 bits per heavy atom. The van der Waals surface area contributed by atoms with Gasteiger partial charge in [0.15, 0.2) is 0 Å². The highest BCUT2D eigenvalue weighted by molar-refractivity contribution is 9.10. The number of para-hydroxylation sites is 1. The van der Waals surface area contributed by atoms with Crippen LogP contribution in [0.1, 0.15) is 12.2 Å². The zero-order chi connectivity index (χ0) is 17.1. The lowest BCUT2D eigenvalue weighted by Gasteiger charge is -2.09. The third kappa shape index (κ3) is 3.54. The Morgan fingerprint density at radius 3 is 2.79 bits per heavy atom. The molecular weight excluding hydrogens is 370 g/mol. The number of hydrogen-bond donors (Lipinski definition) is 1. The number of rotatable bonds is 4. The molecule has 1 heterocycles. The molecule has 0 atom stereocenters. The maximum Gasteiger partial charge on any atom is 0.261 e. The molecule has 1 N–H and O–H groups in total. The van der Waals surface area contributed by atoms with Gasteiger partial charge in [0.2, 0.25) is 5.91 Å². The minimum absolute atomic E-state index is 0.0944. The number of halogens is 1. The van der Waals surface area contributed by atoms with E-state index < -0.39 is 0 Å². The average Bonchev–Trinajstić information content (AvgIpc) is 2.57. The summed E-state index contributed by atoms with van der Waals surface area (Å²) in [6.45, 7) is 0. The van der Waals surface area contributed by atoms with E-state index in [9.17, 15) is 9.59 Å². The van der Waals surface area contributed by atoms with Crippen LogP contribution in [0.3, 0.4) is 0 Å². The van der Waals surface area contributed by atoms with Crippen LogP contribution >= 0.6 is 15.9 Å². The molecule has 0 bridgehead atoms. The molecule has 1 aromatic heterocycles. The van der Waals surface area contributed by atoms with Gasteiger partial charge in [0.25, 0.3) is 5.56 Å². The molecule has 0 saturated heterocycles. The molecule has 0 aliphatic rings. The summed E-state index contributed by atoms with van der Waals surface area (Å²) in [5.41, 5.74) is 1.29. The standard InChI is InChI=1S/C18H16BrN3O2/c1-22-16(21-15-8-3-2-7-14(15)18(22)24)9-10-17(23)20-13-6-4-5-12(19)11-13/h2-8,11H,9-10H2,1H3,(H,20,23). The number of fused-ring (bicyclic) bond motifs is 1. The van der Waals surface area contributed by atoms with Crippen LogP contribution < -0.4 is 10.9 Å². The Labute approximate surface area is 147 Å². The number of carbonyl (C=O) groups is 1. The predicted octanol–water partition coefficient (Wildman–Crippen LogP) is 3.27. The van der Waals surface area contributed by atoms with Gasteiger partial charge in [-0.15, -0.1) is 0 Å². The average molecular weight is 386 g/mol. The molecule has 0 aliphatic carbocycles. The first kappa shape index (κ1) is 16.4. The number of aromatic nitrogens is 2. The van der Waals surface area contributed by atoms with Crippen LogP contribution in [0.2, 0.25) is 0 Å². The fraction of sp³-hybridized carbons (Fsp3) is 0.167. The number of hydrogen-bond acceptors (Lipinski definition) is 3. The summed E-state index contributed by atoms with van der Waals surface area (Å²) in [6, 6.07) is 14.6. The lowest BCUT2D eigenvalue weighted by molar-refractivity contribution is -0.116. The zero-order valence-electron chi connectivity index (χ0n) is 13.1. The van der Waals surface area contributed by atoms with E-state index in [1.807, 2.05) is 42.5 Å². The summed E-state index contributed by atoms with van der Waals surface area (Å²) < 4.78 is 2.41. The largest absolute Gasteiger partial charge is 0.326 e. The monoisotopic (exact) mass is 385 g/mol. The molecule has 122 valence electrons. The van der Waals surface area contributed by atoms with Crippen molar-refractivity contribution in [1.29, 1.82) is 0 Å². The summed E-state index contributed by atoms with van der Waals surface area (Å²) >= 11 is 3.37. The Kier molecular flexibility index (Phi) is 4.76. The van der Waals surface area contributed by atoms with Crippen LogP contribution in [0, 0.1) is 0 Å². The smallest absolute Gasteiger partial charge is 0.261 e. The Balaban J connectivity index is 1.75. The second-order valence-electron chi connectivity index (χ2n) is 5.47. The Hall–Kier alpha value is -2.47. The molecular formula is C18H16BrN3O2. The number of aryl methyl sites for hydroxylation is 1. The molecule has 2 aromatic carbocycles. The van der Waals surface area contributed by atoms with Crippen molar-refractivity contribution in [3.63, 3.8) is 0 Å². The first-order chi connectivity index (χ1) is 11.5. The van der Waals surface area contributed by atoms with E-state index in [-0.39, 0.29) is 17.9 Å². The van der Waals surface area contributed by atoms with Gasteiger partial charge in [-0.1, -0.05) is 34.1 Å². The van der Waals surface area contributed by atoms with Crippen LogP contribution in [0.25, 0.3) is 10.9 Å². The third-order valence-corrected chi connectivity index (χ3v) is 4.25. The van der Waals surface area contributed by atoms with E-state index in [1.165, 1.54) is 4.57 Å². The van der Waals surface area contributed by atoms with Crippen molar-refractivity contribution in [3.8, 4) is 0 Å². The summed E-state index contributed by atoms with van der Waals surface area (Å²) in [4.78, 5) is 29.0. The molecule has 0 fully saturated rings. The highest BCUT2D eigenvalue weighted by atomic mass is 79.9. The Bertz CT molecular complexity index is 966. The Morgan fingerprint density at radius 1 is 1.21 bits per heavy atom. The lowest BCUT2D eigenvalue weighted by Crippen LogP contribution is -2.23. The highest BCUT2D eigenvalue weighted by Gasteiger charge is 2.10. The van der Waals surface area contributed by atoms with Gasteiger partial charge in [-0.2, -0.15) is 0 Å². The van der Waals surface area contributed by atoms with Gasteiger partial charge in [-0.3, -0.25) is 14.2 Å². The van der Waals surface area contributed by atoms with Crippen LogP contribution in [0.15, 0.2) is 57.8 Å². The van der Waals surface area contributed by atoms with E-state index in [0.717, 1.165) is 10.2 Å². The number of nitrogens with one attached hydrogen (secondary N) is 1. The maximum absolute atomic E-state index is 12.3. The number of nitrogens with zero attached hydrogens (tertiary/aromatic N) is 2. The predicted molar refractivity (Wildman–Crippen MR) is 98.1 cm³/mol. The molecule has 0 radical (unpaired) electrons. The molecule has 1 amide bonds. The van der Waals surface area contributed by atoms with Crippen molar-refractivity contribution < 1.29 is 4.79 Å². The normalized spacial score (nSPS) is 10.8. The molecule has 0 aliphatic heterocycles. The highest BCUT2D eigenvalue weighted by Crippen LogP contribution is 2.16. The molecule has 0 saturated carbocycles. The van der Waals surface area contributed by atoms with Crippen molar-refractivity contribution >= 4 is 38.4 Å². The van der Waals surface area contributed by atoms with Crippen LogP contribution in [0.4, 0.5) is 5.69 Å². The van der Waals surface area contributed by atoms with E-state index in [4.69, 9.17) is 0 Å². The molecule has 5 nitrogen and oxygen atoms in total. The second-order valence-corrected chi connectivity index (χ2v) is 6.38. The minimum atomic E-state index is -0.115. The van der Waals surface area contributed by atoms with E-state index in [2.05, 4.69) is 26.2 Å². The third-order valence-electron chi connectivity index (χ3n) is 3.76. The van der Waals surface area contributed by atoms with Crippen molar-refractivity contribution in [3.05, 3.63) is 69.2 Å². The number of amides is 1. The van der Waals surface area contributed by atoms with Crippen LogP contribution in [-0.2, 0) is 18.3 Å². The first-order valence-electron chi connectivity index (χ1n) is 7.54. The van der Waals surface area contributed by atoms with E-state index >= 15 is 0 Å². The van der Waals surface area contributed by atoms with E-state index in [0.29, 0.717) is 23.1 Å². The van der Waals surface area contributed by atoms with Gasteiger partial charge in [0, 0.05) is 30.0 Å². The summed E-state index contributed by atoms with van der Waals surface area (Å²) in [6.07, 6.45) is 0.654. The molecule has 0 spiro atoms. The van der Waals surface area contributed by atoms with Gasteiger partial charge in [0.1, 0.15) is 5.82 Å². The SMILES string of the molecule is Cn1c(CCC(=O)Nc2cccc(Br)c2)nc2ccccc2c1=O. The number of benzene rings is 2. The summed E-state index contributed by atoms with van der Waals surface area (Å²) in [5, 5.41) is 3.43. The van der Waals surface area contributed by atoms with Gasteiger partial charge >= 0.3 is 0 Å². The summed E-state index contributed by atoms with van der Waals surface area (Å²) in [7, 11) is 1.68. The van der Waals surface area contributed by atoms with Crippen molar-refractivity contribution in [2.24, 2.45) is 7.05 Å². The fourth-order valence-electron chi connectivity index (χ4n) is 2.50. The number of anilines is 1. The van der Waals surface area contributed by atoms with Gasteiger partial charge < -0.3 is 5.32 Å². The van der Waals surface area contributed by atoms with Crippen molar-refractivity contribution in [2.45, 2.75) is 12.8 Å². The summed E-state index contributed by atoms with van der Waals surface area (Å²) in [5.74, 6) is 0.485. The zero-order valence-corrected chi connectivity index (χ0v) is 14.7. The molecule has 24 heavy (non-hydrogen) atoms.